The second-order valence-electron chi connectivity index (χ2n) is 1.78. The summed E-state index contributed by atoms with van der Waals surface area (Å²) >= 11 is 0. The fourth-order valence-electron chi connectivity index (χ4n) is 0.436. The molecule has 1 N–H and O–H groups in total. The molecule has 2 nitrogen and oxygen atoms in total. The van der Waals surface area contributed by atoms with Gasteiger partial charge in [0.1, 0.15) is 0 Å². The molecule has 0 aromatic carbocycles. The van der Waals surface area contributed by atoms with Crippen LogP contribution in [0, 0.1) is 11.5 Å². The Morgan fingerprint density at radius 2 is 2.22 bits per heavy atom. The Balaban J connectivity index is 3.29. The maximum atomic E-state index is 11.5. The van der Waals surface area contributed by atoms with E-state index >= 15 is 0 Å². The summed E-state index contributed by atoms with van der Waals surface area (Å²) in [6.45, 7) is 1.54. The molecule has 52 valence electrons. The third-order valence-corrected chi connectivity index (χ3v) is 0.843. The van der Waals surface area contributed by atoms with Crippen molar-refractivity contribution < 1.29 is 8.78 Å². The fraction of sp³-hybridized carbons (Fsp3) is 0.800. The lowest BCUT2D eigenvalue weighted by Crippen LogP contribution is -2.22. The second kappa shape index (κ2) is 4.07. The zero-order chi connectivity index (χ0) is 7.28. The molecule has 0 fully saturated rings. The van der Waals surface area contributed by atoms with E-state index in [-0.39, 0.29) is 6.42 Å². The summed E-state index contributed by atoms with van der Waals surface area (Å²) in [6, 6.07) is -0.421. The Hall–Kier alpha value is -0.850. The summed E-state index contributed by atoms with van der Waals surface area (Å²) in [6.07, 6.45) is -1.01. The van der Waals surface area contributed by atoms with Crippen LogP contribution in [0.15, 0.2) is 0 Å². The van der Waals surface area contributed by atoms with Gasteiger partial charge in [-0.05, 0) is 6.92 Å². The van der Waals surface area contributed by atoms with E-state index in [4.69, 9.17) is 5.26 Å². The minimum atomic E-state index is -2.33. The molecule has 0 bridgehead atoms. The average Bonchev–Trinajstić information content (AvgIpc) is 1.63. The van der Waals surface area contributed by atoms with Crippen LogP contribution in [0.25, 0.3) is 0 Å². The molecule has 9 heavy (non-hydrogen) atoms. The minimum Gasteiger partial charge on any atom is -0.321 e. The van der Waals surface area contributed by atoms with Gasteiger partial charge >= 0.3 is 0 Å². The largest absolute Gasteiger partial charge is 0.321 e. The van der Waals surface area contributed by atoms with E-state index < -0.39 is 12.5 Å². The summed E-state index contributed by atoms with van der Waals surface area (Å²) in [5, 5.41) is 10.1. The Kier molecular flexibility index (Phi) is 3.69. The van der Waals surface area contributed by atoms with Gasteiger partial charge in [-0.15, -0.1) is 0 Å². The molecule has 0 aromatic heterocycles. The number of halogens is 2. The van der Waals surface area contributed by atoms with Gasteiger partial charge in [-0.25, -0.2) is 8.78 Å². The van der Waals surface area contributed by atoms with E-state index in [1.165, 1.54) is 6.92 Å². The van der Waals surface area contributed by atoms with Crippen LogP contribution in [0.3, 0.4) is 0 Å². The van der Waals surface area contributed by atoms with Gasteiger partial charge in [-0.1, -0.05) is 0 Å². The molecule has 0 aliphatic rings. The zero-order valence-electron chi connectivity index (χ0n) is 5.06. The van der Waals surface area contributed by atoms with Crippen molar-refractivity contribution in [1.29, 1.82) is 5.26 Å². The Labute approximate surface area is 52.5 Å². The molecule has 0 radical (unpaired) electrons. The molecule has 0 heterocycles. The van der Waals surface area contributed by atoms with Crippen LogP contribution in [0.5, 0.6) is 0 Å². The van der Waals surface area contributed by atoms with E-state index in [0.717, 1.165) is 0 Å². The number of nitriles is 1. The number of hydrogen-bond acceptors (Lipinski definition) is 2. The molecular formula is C5H8F2N2. The Morgan fingerprint density at radius 3 is 2.56 bits per heavy atom. The first-order valence-electron chi connectivity index (χ1n) is 2.59. The van der Waals surface area contributed by atoms with Gasteiger partial charge in [0.25, 0.3) is 0 Å². The van der Waals surface area contributed by atoms with Crippen LogP contribution in [-0.4, -0.2) is 12.5 Å². The summed E-state index contributed by atoms with van der Waals surface area (Å²) < 4.78 is 22.9. The maximum absolute atomic E-state index is 11.5. The van der Waals surface area contributed by atoms with Gasteiger partial charge in [-0.2, -0.15) is 5.26 Å². The van der Waals surface area contributed by atoms with E-state index in [1.807, 2.05) is 0 Å². The van der Waals surface area contributed by atoms with Crippen molar-refractivity contribution in [1.82, 2.24) is 5.32 Å². The molecular weight excluding hydrogens is 126 g/mol. The third kappa shape index (κ3) is 5.01. The first kappa shape index (κ1) is 8.15. The molecule has 0 rings (SSSR count). The lowest BCUT2D eigenvalue weighted by Gasteiger charge is -2.05. The van der Waals surface area contributed by atoms with Crippen molar-refractivity contribution >= 4 is 0 Å². The van der Waals surface area contributed by atoms with E-state index in [1.54, 1.807) is 6.19 Å². The van der Waals surface area contributed by atoms with Crippen LogP contribution in [-0.2, 0) is 0 Å². The van der Waals surface area contributed by atoms with Crippen LogP contribution in [0.1, 0.15) is 13.3 Å². The lowest BCUT2D eigenvalue weighted by molar-refractivity contribution is 0.127. The topological polar surface area (TPSA) is 35.8 Å². The number of rotatable bonds is 3. The quantitative estimate of drug-likeness (QED) is 0.463. The van der Waals surface area contributed by atoms with Gasteiger partial charge in [0.05, 0.1) is 0 Å². The first-order chi connectivity index (χ1) is 4.16. The third-order valence-electron chi connectivity index (χ3n) is 0.843. The van der Waals surface area contributed by atoms with E-state index in [9.17, 15) is 8.78 Å². The molecule has 0 saturated heterocycles. The SMILES string of the molecule is CC(CC(F)F)NC#N. The standard InChI is InChI=1S/C5H8F2N2/c1-4(9-3-8)2-5(6)7/h4-5,9H,2H2,1H3. The van der Waals surface area contributed by atoms with Crippen LogP contribution in [0.2, 0.25) is 0 Å². The van der Waals surface area contributed by atoms with Crippen molar-refractivity contribution in [2.24, 2.45) is 0 Å². The molecule has 1 unspecified atom stereocenters. The molecule has 0 aliphatic heterocycles. The summed E-state index contributed by atoms with van der Waals surface area (Å²) in [7, 11) is 0. The molecule has 0 aromatic rings. The number of nitrogens with one attached hydrogen (secondary N) is 1. The van der Waals surface area contributed by atoms with Crippen molar-refractivity contribution in [3.05, 3.63) is 0 Å². The summed E-state index contributed by atoms with van der Waals surface area (Å²) in [5.41, 5.74) is 0. The highest BCUT2D eigenvalue weighted by Gasteiger charge is 2.07. The van der Waals surface area contributed by atoms with Crippen LogP contribution in [0.4, 0.5) is 8.78 Å². The normalized spacial score (nSPS) is 12.8. The molecule has 0 saturated carbocycles. The average molecular weight is 134 g/mol. The predicted octanol–water partition coefficient (Wildman–Crippen LogP) is 1.10. The number of hydrogen-bond donors (Lipinski definition) is 1. The highest BCUT2D eigenvalue weighted by Crippen LogP contribution is 2.01. The fourth-order valence-corrected chi connectivity index (χ4v) is 0.436. The van der Waals surface area contributed by atoms with Crippen LogP contribution < -0.4 is 5.32 Å². The molecule has 0 amide bonds. The monoisotopic (exact) mass is 134 g/mol. The highest BCUT2D eigenvalue weighted by atomic mass is 19.3. The van der Waals surface area contributed by atoms with Gasteiger partial charge in [0.15, 0.2) is 6.19 Å². The summed E-state index contributed by atoms with van der Waals surface area (Å²) in [5.74, 6) is 0. The van der Waals surface area contributed by atoms with Gasteiger partial charge < -0.3 is 5.32 Å². The predicted molar refractivity (Wildman–Crippen MR) is 28.8 cm³/mol. The van der Waals surface area contributed by atoms with Crippen molar-refractivity contribution in [2.45, 2.75) is 25.8 Å². The van der Waals surface area contributed by atoms with Crippen molar-refractivity contribution in [3.8, 4) is 6.19 Å². The number of nitrogens with zero attached hydrogens (tertiary/aromatic N) is 1. The second-order valence-corrected chi connectivity index (χ2v) is 1.78. The maximum Gasteiger partial charge on any atom is 0.240 e. The van der Waals surface area contributed by atoms with E-state index in [2.05, 4.69) is 5.32 Å². The lowest BCUT2D eigenvalue weighted by atomic mass is 10.2. The molecule has 1 atom stereocenters. The number of alkyl halides is 2. The highest BCUT2D eigenvalue weighted by molar-refractivity contribution is 4.72. The van der Waals surface area contributed by atoms with Crippen molar-refractivity contribution in [3.63, 3.8) is 0 Å². The molecule has 0 spiro atoms. The first-order valence-corrected chi connectivity index (χ1v) is 2.59. The van der Waals surface area contributed by atoms with Gasteiger partial charge in [-0.3, -0.25) is 0 Å². The van der Waals surface area contributed by atoms with Crippen molar-refractivity contribution in [2.75, 3.05) is 0 Å². The van der Waals surface area contributed by atoms with Crippen LogP contribution >= 0.6 is 0 Å². The Morgan fingerprint density at radius 1 is 1.67 bits per heavy atom. The molecule has 4 heteroatoms. The summed E-state index contributed by atoms with van der Waals surface area (Å²) in [4.78, 5) is 0. The van der Waals surface area contributed by atoms with Gasteiger partial charge in [0, 0.05) is 12.5 Å². The smallest absolute Gasteiger partial charge is 0.240 e. The zero-order valence-corrected chi connectivity index (χ0v) is 5.06. The minimum absolute atomic E-state index is 0.270. The van der Waals surface area contributed by atoms with E-state index in [0.29, 0.717) is 0 Å². The van der Waals surface area contributed by atoms with Gasteiger partial charge in [0.2, 0.25) is 6.43 Å². The Bertz CT molecular complexity index is 108. The molecule has 0 aliphatic carbocycles.